The van der Waals surface area contributed by atoms with E-state index in [0.29, 0.717) is 11.6 Å². The van der Waals surface area contributed by atoms with Gasteiger partial charge in [-0.15, -0.1) is 0 Å². The first-order valence-corrected chi connectivity index (χ1v) is 6.83. The smallest absolute Gasteiger partial charge is 0.115 e. The van der Waals surface area contributed by atoms with Gasteiger partial charge in [-0.2, -0.15) is 5.26 Å². The quantitative estimate of drug-likeness (QED) is 0.825. The van der Waals surface area contributed by atoms with E-state index in [2.05, 4.69) is 45.3 Å². The summed E-state index contributed by atoms with van der Waals surface area (Å²) in [6.07, 6.45) is 1.04. The lowest BCUT2D eigenvalue weighted by Crippen LogP contribution is -2.23. The average molecular weight is 255 g/mol. The van der Waals surface area contributed by atoms with Crippen molar-refractivity contribution < 1.29 is 0 Å². The Bertz CT molecular complexity index is 642. The Hall–Kier alpha value is -1.82. The molecule has 0 aliphatic heterocycles. The maximum absolute atomic E-state index is 9.00. The molecular weight excluding hydrogens is 234 g/mol. The summed E-state index contributed by atoms with van der Waals surface area (Å²) in [6, 6.07) is 8.30. The normalized spacial score (nSPS) is 12.1. The first-order valence-electron chi connectivity index (χ1n) is 6.83. The maximum atomic E-state index is 9.00. The minimum Gasteiger partial charge on any atom is -0.325 e. The van der Waals surface area contributed by atoms with Crippen LogP contribution in [0.5, 0.6) is 0 Å². The van der Waals surface area contributed by atoms with E-state index in [4.69, 9.17) is 10.2 Å². The molecule has 2 aromatic rings. The molecule has 1 aromatic carbocycles. The third kappa shape index (κ3) is 2.23. The molecule has 3 heteroatoms. The third-order valence-corrected chi connectivity index (χ3v) is 3.82. The summed E-state index contributed by atoms with van der Waals surface area (Å²) in [5.74, 6) is 1.11. The van der Waals surface area contributed by atoms with Crippen LogP contribution in [0.25, 0.3) is 11.0 Å². The second kappa shape index (κ2) is 4.70. The van der Waals surface area contributed by atoms with Gasteiger partial charge in [0.05, 0.1) is 22.7 Å². The molecule has 0 radical (unpaired) electrons. The van der Waals surface area contributed by atoms with Crippen LogP contribution in [-0.2, 0) is 5.41 Å². The number of rotatable bonds is 3. The largest absolute Gasteiger partial charge is 0.325 e. The van der Waals surface area contributed by atoms with Crippen molar-refractivity contribution in [2.45, 2.75) is 52.5 Å². The van der Waals surface area contributed by atoms with E-state index in [1.807, 2.05) is 18.2 Å². The first kappa shape index (κ1) is 13.6. The van der Waals surface area contributed by atoms with Crippen molar-refractivity contribution in [2.24, 2.45) is 0 Å². The molecule has 0 aliphatic carbocycles. The molecular formula is C16H21N3. The topological polar surface area (TPSA) is 41.6 Å². The Morgan fingerprint density at radius 1 is 1.37 bits per heavy atom. The van der Waals surface area contributed by atoms with Crippen LogP contribution in [-0.4, -0.2) is 9.55 Å². The molecule has 1 heterocycles. The van der Waals surface area contributed by atoms with Gasteiger partial charge in [-0.05, 0) is 38.5 Å². The molecule has 0 N–H and O–H groups in total. The van der Waals surface area contributed by atoms with Crippen molar-refractivity contribution in [1.29, 1.82) is 5.26 Å². The van der Waals surface area contributed by atoms with Crippen LogP contribution in [0.3, 0.4) is 0 Å². The Morgan fingerprint density at radius 3 is 2.58 bits per heavy atom. The number of benzene rings is 1. The molecule has 0 unspecified atom stereocenters. The van der Waals surface area contributed by atoms with E-state index in [1.54, 1.807) is 0 Å². The van der Waals surface area contributed by atoms with Crippen LogP contribution >= 0.6 is 0 Å². The molecule has 3 nitrogen and oxygen atoms in total. The van der Waals surface area contributed by atoms with E-state index in [0.717, 1.165) is 23.3 Å². The van der Waals surface area contributed by atoms with Gasteiger partial charge in [0, 0.05) is 11.5 Å². The fourth-order valence-corrected chi connectivity index (χ4v) is 2.33. The molecule has 0 fully saturated rings. The van der Waals surface area contributed by atoms with Crippen LogP contribution < -0.4 is 0 Å². The van der Waals surface area contributed by atoms with E-state index in [-0.39, 0.29) is 5.41 Å². The highest BCUT2D eigenvalue weighted by Crippen LogP contribution is 2.32. The van der Waals surface area contributed by atoms with Crippen LogP contribution in [0.4, 0.5) is 0 Å². The van der Waals surface area contributed by atoms with Crippen molar-refractivity contribution in [3.8, 4) is 6.07 Å². The van der Waals surface area contributed by atoms with E-state index >= 15 is 0 Å². The van der Waals surface area contributed by atoms with Gasteiger partial charge in [0.1, 0.15) is 5.82 Å². The number of aromatic nitrogens is 2. The minimum atomic E-state index is 0.0378. The van der Waals surface area contributed by atoms with Crippen molar-refractivity contribution in [3.05, 3.63) is 29.6 Å². The minimum absolute atomic E-state index is 0.0378. The molecule has 0 amide bonds. The highest BCUT2D eigenvalue weighted by atomic mass is 15.1. The van der Waals surface area contributed by atoms with E-state index in [9.17, 15) is 0 Å². The summed E-state index contributed by atoms with van der Waals surface area (Å²) in [4.78, 5) is 4.80. The molecule has 0 atom stereocenters. The summed E-state index contributed by atoms with van der Waals surface area (Å²) >= 11 is 0. The van der Waals surface area contributed by atoms with Gasteiger partial charge in [0.15, 0.2) is 0 Å². The number of nitriles is 1. The summed E-state index contributed by atoms with van der Waals surface area (Å²) in [6.45, 7) is 11.0. The van der Waals surface area contributed by atoms with Gasteiger partial charge >= 0.3 is 0 Å². The fraction of sp³-hybridized carbons (Fsp3) is 0.500. The zero-order chi connectivity index (χ0) is 14.2. The summed E-state index contributed by atoms with van der Waals surface area (Å²) in [5, 5.41) is 9.00. The molecule has 0 saturated carbocycles. The molecule has 0 aliphatic rings. The second-order valence-electron chi connectivity index (χ2n) is 5.95. The van der Waals surface area contributed by atoms with Crippen molar-refractivity contribution in [1.82, 2.24) is 9.55 Å². The Balaban J connectivity index is 2.77. The van der Waals surface area contributed by atoms with Crippen molar-refractivity contribution in [3.63, 3.8) is 0 Å². The van der Waals surface area contributed by atoms with E-state index < -0.39 is 0 Å². The lowest BCUT2D eigenvalue weighted by Gasteiger charge is -2.25. The molecule has 0 saturated heterocycles. The highest BCUT2D eigenvalue weighted by Gasteiger charge is 2.26. The van der Waals surface area contributed by atoms with Gasteiger partial charge in [0.25, 0.3) is 0 Å². The van der Waals surface area contributed by atoms with Crippen molar-refractivity contribution >= 4 is 11.0 Å². The van der Waals surface area contributed by atoms with Gasteiger partial charge in [0.2, 0.25) is 0 Å². The number of imidazole rings is 1. The maximum Gasteiger partial charge on any atom is 0.115 e. The van der Waals surface area contributed by atoms with Crippen molar-refractivity contribution in [2.75, 3.05) is 0 Å². The average Bonchev–Trinajstić information content (AvgIpc) is 2.77. The first-order chi connectivity index (χ1) is 8.90. The second-order valence-corrected chi connectivity index (χ2v) is 5.95. The van der Waals surface area contributed by atoms with Crippen LogP contribution in [0.15, 0.2) is 18.2 Å². The summed E-state index contributed by atoms with van der Waals surface area (Å²) in [5.41, 5.74) is 2.74. The SMILES string of the molecule is CCC(C)(C)c1nc2cc(C#N)ccc2n1C(C)C. The molecule has 19 heavy (non-hydrogen) atoms. The van der Waals surface area contributed by atoms with Gasteiger partial charge in [-0.25, -0.2) is 4.98 Å². The van der Waals surface area contributed by atoms with Gasteiger partial charge in [-0.1, -0.05) is 20.8 Å². The van der Waals surface area contributed by atoms with Gasteiger partial charge < -0.3 is 4.57 Å². The number of hydrogen-bond acceptors (Lipinski definition) is 2. The molecule has 100 valence electrons. The molecule has 0 bridgehead atoms. The monoisotopic (exact) mass is 255 g/mol. The lowest BCUT2D eigenvalue weighted by atomic mass is 9.89. The predicted molar refractivity (Wildman–Crippen MR) is 78.2 cm³/mol. The number of fused-ring (bicyclic) bond motifs is 1. The fourth-order valence-electron chi connectivity index (χ4n) is 2.33. The summed E-state index contributed by atoms with van der Waals surface area (Å²) < 4.78 is 2.29. The Kier molecular flexibility index (Phi) is 3.36. The zero-order valence-corrected chi connectivity index (χ0v) is 12.4. The van der Waals surface area contributed by atoms with E-state index in [1.165, 1.54) is 0 Å². The summed E-state index contributed by atoms with van der Waals surface area (Å²) in [7, 11) is 0. The molecule has 0 spiro atoms. The third-order valence-electron chi connectivity index (χ3n) is 3.82. The predicted octanol–water partition coefficient (Wildman–Crippen LogP) is 4.18. The number of nitrogens with zero attached hydrogens (tertiary/aromatic N) is 3. The number of hydrogen-bond donors (Lipinski definition) is 0. The lowest BCUT2D eigenvalue weighted by molar-refractivity contribution is 0.430. The standard InChI is InChI=1S/C16H21N3/c1-6-16(4,5)15-18-13-9-12(10-17)7-8-14(13)19(15)11(2)3/h7-9,11H,6H2,1-5H3. The Morgan fingerprint density at radius 2 is 2.05 bits per heavy atom. The molecule has 1 aromatic heterocycles. The zero-order valence-electron chi connectivity index (χ0n) is 12.4. The molecule has 2 rings (SSSR count). The highest BCUT2D eigenvalue weighted by molar-refractivity contribution is 5.78. The van der Waals surface area contributed by atoms with Crippen LogP contribution in [0.1, 0.15) is 58.5 Å². The Labute approximate surface area is 114 Å². The van der Waals surface area contributed by atoms with Crippen LogP contribution in [0.2, 0.25) is 0 Å². The van der Waals surface area contributed by atoms with Crippen LogP contribution in [0, 0.1) is 11.3 Å². The van der Waals surface area contributed by atoms with Gasteiger partial charge in [-0.3, -0.25) is 0 Å².